The van der Waals surface area contributed by atoms with Gasteiger partial charge >= 0.3 is 12.1 Å². The molecule has 118 valence electrons. The Bertz CT molecular complexity index is 511. The average molecular weight is 369 g/mol. The number of ether oxygens (including phenoxy) is 1. The van der Waals surface area contributed by atoms with Crippen LogP contribution in [0.2, 0.25) is 0 Å². The summed E-state index contributed by atoms with van der Waals surface area (Å²) in [7, 11) is 0. The van der Waals surface area contributed by atoms with E-state index in [1.54, 1.807) is 0 Å². The number of halogens is 4. The van der Waals surface area contributed by atoms with Gasteiger partial charge in [-0.15, -0.1) is 0 Å². The Morgan fingerprint density at radius 3 is 2.10 bits per heavy atom. The Labute approximate surface area is 129 Å². The number of carbonyl (C=O) groups excluding carboxylic acids is 1. The molecule has 0 radical (unpaired) electrons. The van der Waals surface area contributed by atoms with E-state index in [1.807, 2.05) is 0 Å². The van der Waals surface area contributed by atoms with Crippen molar-refractivity contribution in [1.82, 2.24) is 0 Å². The molecule has 1 aromatic carbocycles. The summed E-state index contributed by atoms with van der Waals surface area (Å²) in [5.41, 5.74) is -5.97. The smallest absolute Gasteiger partial charge is 0.422 e. The minimum atomic E-state index is -5.04. The second-order valence-electron chi connectivity index (χ2n) is 5.06. The van der Waals surface area contributed by atoms with Crippen LogP contribution in [0.1, 0.15) is 26.3 Å². The zero-order valence-electron chi connectivity index (χ0n) is 11.8. The van der Waals surface area contributed by atoms with Gasteiger partial charge in [0.05, 0.1) is 6.61 Å². The van der Waals surface area contributed by atoms with Crippen molar-refractivity contribution in [2.24, 2.45) is 5.41 Å². The highest BCUT2D eigenvalue weighted by Crippen LogP contribution is 2.51. The van der Waals surface area contributed by atoms with Crippen LogP contribution in [0.4, 0.5) is 13.2 Å². The summed E-state index contributed by atoms with van der Waals surface area (Å²) in [4.78, 5) is 11.9. The molecule has 7 heteroatoms. The number of carbonyl (C=O) groups is 1. The third-order valence-electron chi connectivity index (χ3n) is 3.36. The molecular weight excluding hydrogens is 353 g/mol. The first-order chi connectivity index (χ1) is 9.48. The molecule has 0 unspecified atom stereocenters. The van der Waals surface area contributed by atoms with Crippen molar-refractivity contribution < 1.29 is 27.8 Å². The van der Waals surface area contributed by atoms with Gasteiger partial charge in [-0.25, -0.2) is 0 Å². The molecule has 1 N–H and O–H groups in total. The summed E-state index contributed by atoms with van der Waals surface area (Å²) in [5.74, 6) is -1.12. The van der Waals surface area contributed by atoms with Gasteiger partial charge in [0.2, 0.25) is 5.60 Å². The van der Waals surface area contributed by atoms with E-state index >= 15 is 0 Å². The van der Waals surface area contributed by atoms with Crippen LogP contribution >= 0.6 is 15.9 Å². The molecule has 1 atom stereocenters. The van der Waals surface area contributed by atoms with E-state index in [0.717, 1.165) is 26.0 Å². The minimum Gasteiger partial charge on any atom is -0.465 e. The minimum absolute atomic E-state index is 0.0729. The standard InChI is InChI=1S/C14H16BrF3O3/c1-4-21-11(19)12(2,3)13(20,14(16,17)18)9-5-7-10(15)8-6-9/h5-8,20H,4H2,1-3H3/t13-/m0/s1. The number of benzene rings is 1. The van der Waals surface area contributed by atoms with Gasteiger partial charge in [0.25, 0.3) is 0 Å². The molecule has 0 saturated carbocycles. The molecule has 0 spiro atoms. The first kappa shape index (κ1) is 18.0. The van der Waals surface area contributed by atoms with E-state index in [2.05, 4.69) is 20.7 Å². The molecule has 0 aliphatic carbocycles. The fraction of sp³-hybridized carbons (Fsp3) is 0.500. The summed E-state index contributed by atoms with van der Waals surface area (Å²) in [5, 5.41) is 10.4. The van der Waals surface area contributed by atoms with Gasteiger partial charge in [-0.1, -0.05) is 28.1 Å². The number of aliphatic hydroxyl groups is 1. The number of rotatable bonds is 4. The maximum Gasteiger partial charge on any atom is 0.422 e. The van der Waals surface area contributed by atoms with E-state index in [9.17, 15) is 23.1 Å². The second-order valence-corrected chi connectivity index (χ2v) is 5.98. The summed E-state index contributed by atoms with van der Waals surface area (Å²) in [6.45, 7) is 3.44. The summed E-state index contributed by atoms with van der Waals surface area (Å²) in [6, 6.07) is 4.98. The largest absolute Gasteiger partial charge is 0.465 e. The molecule has 0 amide bonds. The van der Waals surface area contributed by atoms with Gasteiger partial charge in [-0.2, -0.15) is 13.2 Å². The van der Waals surface area contributed by atoms with Gasteiger partial charge in [0, 0.05) is 4.47 Å². The number of hydrogen-bond donors (Lipinski definition) is 1. The Balaban J connectivity index is 3.48. The van der Waals surface area contributed by atoms with Crippen molar-refractivity contribution in [2.75, 3.05) is 6.61 Å². The Morgan fingerprint density at radius 2 is 1.71 bits per heavy atom. The van der Waals surface area contributed by atoms with E-state index in [0.29, 0.717) is 4.47 Å². The van der Waals surface area contributed by atoms with Crippen molar-refractivity contribution in [3.8, 4) is 0 Å². The van der Waals surface area contributed by atoms with Crippen molar-refractivity contribution >= 4 is 21.9 Å². The first-order valence-corrected chi connectivity index (χ1v) is 7.00. The van der Waals surface area contributed by atoms with E-state index in [4.69, 9.17) is 0 Å². The van der Waals surface area contributed by atoms with Crippen LogP contribution < -0.4 is 0 Å². The Morgan fingerprint density at radius 1 is 1.24 bits per heavy atom. The van der Waals surface area contributed by atoms with Gasteiger partial charge in [-0.05, 0) is 38.5 Å². The average Bonchev–Trinajstić information content (AvgIpc) is 2.37. The van der Waals surface area contributed by atoms with Crippen LogP contribution in [0.5, 0.6) is 0 Å². The highest BCUT2D eigenvalue weighted by atomic mass is 79.9. The lowest BCUT2D eigenvalue weighted by molar-refractivity contribution is -0.303. The van der Waals surface area contributed by atoms with Gasteiger partial charge < -0.3 is 9.84 Å². The SMILES string of the molecule is CCOC(=O)C(C)(C)[C@@](O)(c1ccc(Br)cc1)C(F)(F)F. The van der Waals surface area contributed by atoms with Gasteiger partial charge in [0.15, 0.2) is 0 Å². The fourth-order valence-electron chi connectivity index (χ4n) is 2.03. The van der Waals surface area contributed by atoms with Crippen molar-refractivity contribution in [3.63, 3.8) is 0 Å². The van der Waals surface area contributed by atoms with Crippen LogP contribution in [0.3, 0.4) is 0 Å². The van der Waals surface area contributed by atoms with Crippen LogP contribution in [0.25, 0.3) is 0 Å². The summed E-state index contributed by atoms with van der Waals surface area (Å²) >= 11 is 3.11. The van der Waals surface area contributed by atoms with E-state index in [1.165, 1.54) is 19.1 Å². The van der Waals surface area contributed by atoms with Crippen LogP contribution in [0, 0.1) is 5.41 Å². The zero-order valence-corrected chi connectivity index (χ0v) is 13.4. The topological polar surface area (TPSA) is 46.5 Å². The first-order valence-electron chi connectivity index (χ1n) is 6.20. The Kier molecular flexibility index (Phi) is 5.10. The molecule has 3 nitrogen and oxygen atoms in total. The van der Waals surface area contributed by atoms with Crippen LogP contribution in [0.15, 0.2) is 28.7 Å². The van der Waals surface area contributed by atoms with Gasteiger partial charge in [0.1, 0.15) is 5.41 Å². The Hall–Kier alpha value is -1.08. The number of hydrogen-bond acceptors (Lipinski definition) is 3. The molecule has 1 aromatic rings. The monoisotopic (exact) mass is 368 g/mol. The zero-order chi connectivity index (χ0) is 16.5. The molecule has 0 aliphatic heterocycles. The third kappa shape index (κ3) is 3.08. The lowest BCUT2D eigenvalue weighted by atomic mass is 9.70. The van der Waals surface area contributed by atoms with Crippen molar-refractivity contribution in [3.05, 3.63) is 34.3 Å². The highest BCUT2D eigenvalue weighted by Gasteiger charge is 2.66. The molecule has 0 heterocycles. The van der Waals surface area contributed by atoms with Gasteiger partial charge in [-0.3, -0.25) is 4.79 Å². The summed E-state index contributed by atoms with van der Waals surface area (Å²) < 4.78 is 45.8. The molecule has 1 rings (SSSR count). The van der Waals surface area contributed by atoms with Crippen molar-refractivity contribution in [1.29, 1.82) is 0 Å². The van der Waals surface area contributed by atoms with Crippen LogP contribution in [-0.4, -0.2) is 23.9 Å². The molecule has 0 bridgehead atoms. The van der Waals surface area contributed by atoms with E-state index < -0.39 is 28.7 Å². The highest BCUT2D eigenvalue weighted by molar-refractivity contribution is 9.10. The lowest BCUT2D eigenvalue weighted by Crippen LogP contribution is -2.57. The molecule has 21 heavy (non-hydrogen) atoms. The third-order valence-corrected chi connectivity index (χ3v) is 3.89. The predicted molar refractivity (Wildman–Crippen MR) is 74.5 cm³/mol. The normalized spacial score (nSPS) is 15.4. The maximum atomic E-state index is 13.5. The molecule has 0 saturated heterocycles. The molecular formula is C14H16BrF3O3. The summed E-state index contributed by atoms with van der Waals surface area (Å²) in [6.07, 6.45) is -5.04. The number of alkyl halides is 3. The quantitative estimate of drug-likeness (QED) is 0.822. The second kappa shape index (κ2) is 5.96. The maximum absolute atomic E-state index is 13.5. The molecule has 0 fully saturated rings. The number of esters is 1. The lowest BCUT2D eigenvalue weighted by Gasteiger charge is -2.42. The fourth-order valence-corrected chi connectivity index (χ4v) is 2.29. The molecule has 0 aliphatic rings. The van der Waals surface area contributed by atoms with Crippen molar-refractivity contribution in [2.45, 2.75) is 32.5 Å². The van der Waals surface area contributed by atoms with Crippen LogP contribution in [-0.2, 0) is 15.1 Å². The predicted octanol–water partition coefficient (Wildman–Crippen LogP) is 3.79. The molecule has 0 aromatic heterocycles. The van der Waals surface area contributed by atoms with E-state index in [-0.39, 0.29) is 6.61 Å².